The molecule has 7 nitrogen and oxygen atoms in total. The van der Waals surface area contributed by atoms with Gasteiger partial charge in [0.1, 0.15) is 6.04 Å². The number of amides is 3. The summed E-state index contributed by atoms with van der Waals surface area (Å²) in [5.74, 6) is -0.116. The van der Waals surface area contributed by atoms with Crippen LogP contribution in [0, 0.1) is 0 Å². The van der Waals surface area contributed by atoms with E-state index in [0.29, 0.717) is 19.6 Å². The zero-order chi connectivity index (χ0) is 14.4. The van der Waals surface area contributed by atoms with Crippen LogP contribution in [0.4, 0.5) is 4.79 Å². The van der Waals surface area contributed by atoms with Gasteiger partial charge >= 0.3 is 6.03 Å². The molecule has 0 aliphatic carbocycles. The number of nitrogens with one attached hydrogen (secondary N) is 1. The number of rotatable bonds is 5. The molecule has 19 heavy (non-hydrogen) atoms. The van der Waals surface area contributed by atoms with Crippen LogP contribution in [0.3, 0.4) is 0 Å². The monoisotopic (exact) mass is 272 g/mol. The van der Waals surface area contributed by atoms with Crippen molar-refractivity contribution in [2.24, 2.45) is 5.73 Å². The lowest BCUT2D eigenvalue weighted by Crippen LogP contribution is -2.55. The topological polar surface area (TPSA) is 98.9 Å². The number of aliphatic hydroxyl groups is 1. The molecule has 0 saturated carbocycles. The lowest BCUT2D eigenvalue weighted by atomic mass is 10.2. The molecule has 0 aromatic heterocycles. The Morgan fingerprint density at radius 1 is 1.32 bits per heavy atom. The maximum atomic E-state index is 12.0. The molecule has 1 aliphatic heterocycles. The van der Waals surface area contributed by atoms with Crippen LogP contribution in [-0.2, 0) is 4.79 Å². The lowest BCUT2D eigenvalue weighted by molar-refractivity contribution is -0.134. The second-order valence-corrected chi connectivity index (χ2v) is 4.92. The molecule has 7 heteroatoms. The highest BCUT2D eigenvalue weighted by molar-refractivity contribution is 5.86. The van der Waals surface area contributed by atoms with Gasteiger partial charge < -0.3 is 21.1 Å². The molecule has 4 N–H and O–H groups in total. The molecule has 1 saturated heterocycles. The molecule has 1 heterocycles. The Hall–Kier alpha value is -1.34. The highest BCUT2D eigenvalue weighted by atomic mass is 16.3. The van der Waals surface area contributed by atoms with E-state index in [2.05, 4.69) is 10.2 Å². The molecule has 0 spiro atoms. The standard InChI is InChI=1S/C12H24N4O3/c1-3-10(17)8-15-4-6-16(7-5-15)11(18)9(2)14-12(13)19/h9-10,17H,3-8H2,1-2H3,(H3,13,14,19). The number of hydrogen-bond acceptors (Lipinski definition) is 4. The van der Waals surface area contributed by atoms with Crippen LogP contribution < -0.4 is 11.1 Å². The molecule has 1 rings (SSSR count). The molecule has 0 aromatic carbocycles. The third-order valence-electron chi connectivity index (χ3n) is 3.35. The summed E-state index contributed by atoms with van der Waals surface area (Å²) in [6.45, 7) is 6.92. The molecule has 0 radical (unpaired) electrons. The fourth-order valence-electron chi connectivity index (χ4n) is 2.13. The number of carbonyl (C=O) groups excluding carboxylic acids is 2. The molecule has 1 fully saturated rings. The Balaban J connectivity index is 2.36. The first-order valence-electron chi connectivity index (χ1n) is 6.69. The average molecular weight is 272 g/mol. The quantitative estimate of drug-likeness (QED) is 0.595. The van der Waals surface area contributed by atoms with E-state index in [1.54, 1.807) is 11.8 Å². The van der Waals surface area contributed by atoms with Gasteiger partial charge in [0.05, 0.1) is 6.10 Å². The van der Waals surface area contributed by atoms with Gasteiger partial charge in [0.2, 0.25) is 5.91 Å². The predicted octanol–water partition coefficient (Wildman–Crippen LogP) is -1.04. The molecular weight excluding hydrogens is 248 g/mol. The summed E-state index contributed by atoms with van der Waals surface area (Å²) in [5.41, 5.74) is 5.00. The fourth-order valence-corrected chi connectivity index (χ4v) is 2.13. The van der Waals surface area contributed by atoms with E-state index >= 15 is 0 Å². The van der Waals surface area contributed by atoms with E-state index in [1.165, 1.54) is 0 Å². The van der Waals surface area contributed by atoms with Crippen molar-refractivity contribution in [3.63, 3.8) is 0 Å². The first kappa shape index (κ1) is 15.7. The second-order valence-electron chi connectivity index (χ2n) is 4.92. The van der Waals surface area contributed by atoms with E-state index in [0.717, 1.165) is 19.5 Å². The minimum absolute atomic E-state index is 0.116. The highest BCUT2D eigenvalue weighted by Crippen LogP contribution is 2.06. The Morgan fingerprint density at radius 3 is 2.37 bits per heavy atom. The van der Waals surface area contributed by atoms with E-state index in [9.17, 15) is 14.7 Å². The normalized spacial score (nSPS) is 19.8. The summed E-state index contributed by atoms with van der Waals surface area (Å²) in [6.07, 6.45) is 0.427. The minimum atomic E-state index is -0.689. The zero-order valence-electron chi connectivity index (χ0n) is 11.6. The van der Waals surface area contributed by atoms with Crippen LogP contribution in [0.15, 0.2) is 0 Å². The Kier molecular flexibility index (Phi) is 6.04. The molecular formula is C12H24N4O3. The van der Waals surface area contributed by atoms with Crippen molar-refractivity contribution in [1.82, 2.24) is 15.1 Å². The first-order valence-corrected chi connectivity index (χ1v) is 6.69. The van der Waals surface area contributed by atoms with Gasteiger partial charge in [0.15, 0.2) is 0 Å². The summed E-state index contributed by atoms with van der Waals surface area (Å²) in [6, 6.07) is -1.28. The van der Waals surface area contributed by atoms with Crippen LogP contribution in [0.1, 0.15) is 20.3 Å². The van der Waals surface area contributed by atoms with Crippen molar-refractivity contribution < 1.29 is 14.7 Å². The number of nitrogens with two attached hydrogens (primary N) is 1. The van der Waals surface area contributed by atoms with Crippen LogP contribution >= 0.6 is 0 Å². The Morgan fingerprint density at radius 2 is 1.89 bits per heavy atom. The number of β-amino-alcohol motifs (C(OH)–C–C–N with tert-alkyl or cyclic N) is 1. The third-order valence-corrected chi connectivity index (χ3v) is 3.35. The fraction of sp³-hybridized carbons (Fsp3) is 0.833. The summed E-state index contributed by atoms with van der Waals surface area (Å²) in [4.78, 5) is 26.6. The van der Waals surface area contributed by atoms with Gasteiger partial charge in [0.25, 0.3) is 0 Å². The molecule has 2 atom stereocenters. The minimum Gasteiger partial charge on any atom is -0.392 e. The maximum Gasteiger partial charge on any atom is 0.312 e. The number of urea groups is 1. The van der Waals surface area contributed by atoms with Gasteiger partial charge in [-0.05, 0) is 13.3 Å². The number of carbonyl (C=O) groups is 2. The predicted molar refractivity (Wildman–Crippen MR) is 71.5 cm³/mol. The van der Waals surface area contributed by atoms with Crippen LogP contribution in [0.2, 0.25) is 0 Å². The van der Waals surface area contributed by atoms with Crippen molar-refractivity contribution in [2.75, 3.05) is 32.7 Å². The van der Waals surface area contributed by atoms with Gasteiger partial charge in [-0.1, -0.05) is 6.92 Å². The summed E-state index contributed by atoms with van der Waals surface area (Å²) < 4.78 is 0. The average Bonchev–Trinajstić information content (AvgIpc) is 2.37. The van der Waals surface area contributed by atoms with Crippen molar-refractivity contribution in [3.8, 4) is 0 Å². The number of primary amides is 1. The summed E-state index contributed by atoms with van der Waals surface area (Å²) in [5, 5.41) is 12.0. The van der Waals surface area contributed by atoms with Crippen molar-refractivity contribution in [2.45, 2.75) is 32.4 Å². The highest BCUT2D eigenvalue weighted by Gasteiger charge is 2.25. The van der Waals surface area contributed by atoms with Crippen LogP contribution in [-0.4, -0.2) is 71.7 Å². The first-order chi connectivity index (χ1) is 8.93. The summed E-state index contributed by atoms with van der Waals surface area (Å²) >= 11 is 0. The molecule has 3 amide bonds. The molecule has 110 valence electrons. The molecule has 0 aromatic rings. The van der Waals surface area contributed by atoms with Gasteiger partial charge in [-0.15, -0.1) is 0 Å². The molecule has 0 bridgehead atoms. The number of aliphatic hydroxyl groups excluding tert-OH is 1. The molecule has 2 unspecified atom stereocenters. The zero-order valence-corrected chi connectivity index (χ0v) is 11.6. The number of nitrogens with zero attached hydrogens (tertiary/aromatic N) is 2. The van der Waals surface area contributed by atoms with Gasteiger partial charge in [0, 0.05) is 32.7 Å². The van der Waals surface area contributed by atoms with Gasteiger partial charge in [-0.3, -0.25) is 9.69 Å². The third kappa shape index (κ3) is 5.04. The number of piperazine rings is 1. The maximum absolute atomic E-state index is 12.0. The van der Waals surface area contributed by atoms with Crippen molar-refractivity contribution >= 4 is 11.9 Å². The van der Waals surface area contributed by atoms with E-state index in [4.69, 9.17) is 5.73 Å². The summed E-state index contributed by atoms with van der Waals surface area (Å²) in [7, 11) is 0. The van der Waals surface area contributed by atoms with Gasteiger partial charge in [-0.2, -0.15) is 0 Å². The Labute approximate surface area is 113 Å². The van der Waals surface area contributed by atoms with Crippen molar-refractivity contribution in [1.29, 1.82) is 0 Å². The van der Waals surface area contributed by atoms with E-state index < -0.39 is 12.1 Å². The van der Waals surface area contributed by atoms with Crippen molar-refractivity contribution in [3.05, 3.63) is 0 Å². The largest absolute Gasteiger partial charge is 0.392 e. The lowest BCUT2D eigenvalue weighted by Gasteiger charge is -2.36. The van der Waals surface area contributed by atoms with Crippen LogP contribution in [0.5, 0.6) is 0 Å². The smallest absolute Gasteiger partial charge is 0.312 e. The van der Waals surface area contributed by atoms with E-state index in [-0.39, 0.29) is 12.0 Å². The SMILES string of the molecule is CCC(O)CN1CCN(C(=O)C(C)NC(N)=O)CC1. The Bertz CT molecular complexity index is 316. The second kappa shape index (κ2) is 7.30. The number of hydrogen-bond donors (Lipinski definition) is 3. The van der Waals surface area contributed by atoms with Crippen LogP contribution in [0.25, 0.3) is 0 Å². The van der Waals surface area contributed by atoms with Gasteiger partial charge in [-0.25, -0.2) is 4.79 Å². The van der Waals surface area contributed by atoms with E-state index in [1.807, 2.05) is 6.92 Å². The molecule has 1 aliphatic rings.